The summed E-state index contributed by atoms with van der Waals surface area (Å²) in [4.78, 5) is 50.2. The van der Waals surface area contributed by atoms with Crippen molar-refractivity contribution in [3.63, 3.8) is 0 Å². The molecule has 8 saturated heterocycles. The highest BCUT2D eigenvalue weighted by Gasteiger charge is 2.71. The van der Waals surface area contributed by atoms with Gasteiger partial charge in [-0.15, -0.1) is 0 Å². The predicted octanol–water partition coefficient (Wildman–Crippen LogP) is 7.77. The number of nitrogens with one attached hydrogen (secondary N) is 1. The minimum atomic E-state index is -0.834. The zero-order valence-corrected chi connectivity index (χ0v) is 37.5. The Kier molecular flexibility index (Phi) is 11.9. The van der Waals surface area contributed by atoms with Crippen molar-refractivity contribution in [2.24, 2.45) is 47.3 Å². The van der Waals surface area contributed by atoms with Crippen molar-refractivity contribution in [2.45, 2.75) is 154 Å². The van der Waals surface area contributed by atoms with Crippen molar-refractivity contribution in [3.05, 3.63) is 70.8 Å². The number of rotatable bonds is 13. The maximum absolute atomic E-state index is 12.9. The molecule has 2 aromatic carbocycles. The lowest BCUT2D eigenvalue weighted by molar-refractivity contribution is -0.577. The number of carbonyl (C=O) groups excluding carboxylic acids is 2. The largest absolute Gasteiger partial charge is 0.371 e. The summed E-state index contributed by atoms with van der Waals surface area (Å²) in [5.41, 5.74) is 1.66. The van der Waals surface area contributed by atoms with E-state index in [1.165, 1.54) is 0 Å². The summed E-state index contributed by atoms with van der Waals surface area (Å²) in [7, 11) is 0. The van der Waals surface area contributed by atoms with Crippen molar-refractivity contribution in [1.29, 1.82) is 0 Å². The summed E-state index contributed by atoms with van der Waals surface area (Å²) in [5.74, 6) is 0.0733. The smallest absolute Gasteiger partial charge is 0.251 e. The van der Waals surface area contributed by atoms with Gasteiger partial charge in [-0.05, 0) is 99.3 Å². The van der Waals surface area contributed by atoms with Gasteiger partial charge in [0.2, 0.25) is 11.6 Å². The van der Waals surface area contributed by atoms with E-state index in [2.05, 4.69) is 33.0 Å². The second kappa shape index (κ2) is 17.1. The molecule has 8 aliphatic heterocycles. The SMILES string of the molecule is C[C@@H]1CC[C@H]2[C@@H](C)C(OCc3ccc(C(=O)NCCOCC(=O)c4ccc(COC5O[C@H]6O[C@@]7(C)CC[C@@H]8[C@@H](C)CC[C@H]([C@@H]5C)[C@]68OO7)cc4)cc3)O[C@@H]3O[C@]4(C)CC[C@@H]1[C@]32OO4. The minimum Gasteiger partial charge on any atom is -0.371 e. The molecule has 0 aromatic heterocycles. The highest BCUT2D eigenvalue weighted by Crippen LogP contribution is 2.62. The Morgan fingerprint density at radius 3 is 1.59 bits per heavy atom. The highest BCUT2D eigenvalue weighted by molar-refractivity contribution is 5.97. The first-order valence-corrected chi connectivity index (χ1v) is 23.5. The van der Waals surface area contributed by atoms with Crippen LogP contribution in [0, 0.1) is 47.3 Å². The molecule has 344 valence electrons. The highest BCUT2D eigenvalue weighted by atomic mass is 17.3. The topological polar surface area (TPSA) is 148 Å². The first kappa shape index (κ1) is 44.0. The van der Waals surface area contributed by atoms with Crippen LogP contribution in [0.25, 0.3) is 0 Å². The van der Waals surface area contributed by atoms with Crippen LogP contribution < -0.4 is 5.32 Å². The molecule has 16 atom stereocenters. The van der Waals surface area contributed by atoms with Crippen molar-refractivity contribution < 1.29 is 62.3 Å². The Balaban J connectivity index is 0.649. The quantitative estimate of drug-likeness (QED) is 0.119. The first-order chi connectivity index (χ1) is 30.3. The number of benzene rings is 2. The van der Waals surface area contributed by atoms with Crippen LogP contribution in [0.5, 0.6) is 0 Å². The molecule has 10 fully saturated rings. The summed E-state index contributed by atoms with van der Waals surface area (Å²) >= 11 is 0. The Bertz CT molecular complexity index is 1840. The Hall–Kier alpha value is -2.86. The number of hydrogen-bond donors (Lipinski definition) is 1. The van der Waals surface area contributed by atoms with Gasteiger partial charge in [-0.2, -0.15) is 0 Å². The number of hydrogen-bond acceptors (Lipinski definition) is 13. The molecule has 14 heteroatoms. The standard InChI is InChI=1S/C49H65NO13/c1-28-7-17-38-30(3)42(56-44-48(38)36(28)19-21-46(5,58-44)60-62-48)54-25-32-9-13-34(14-10-32)40(51)27-53-24-23-50-41(52)35-15-11-33(12-16-35)26-55-43-31(4)39-18-8-29(2)37-20-22-47(6)59-45(57-43)49(37,39)63-61-47/h9-16,28-31,36-39,42-45H,7-8,17-27H2,1-6H3,(H,50,52)/t28-,29+,30-,31+,36+,37-,38+,39-,42?,43?,44-,45+,46+,47-,48-,49+/m0/s1. The van der Waals surface area contributed by atoms with Crippen molar-refractivity contribution in [1.82, 2.24) is 5.32 Å². The molecule has 63 heavy (non-hydrogen) atoms. The molecule has 2 aliphatic carbocycles. The van der Waals surface area contributed by atoms with Crippen LogP contribution >= 0.6 is 0 Å². The van der Waals surface area contributed by atoms with E-state index >= 15 is 0 Å². The summed E-state index contributed by atoms with van der Waals surface area (Å²) in [5, 5.41) is 2.88. The van der Waals surface area contributed by atoms with Crippen molar-refractivity contribution >= 4 is 11.7 Å². The van der Waals surface area contributed by atoms with E-state index in [1.807, 2.05) is 38.1 Å². The molecule has 14 nitrogen and oxygen atoms in total. The van der Waals surface area contributed by atoms with E-state index in [4.69, 9.17) is 52.7 Å². The number of ether oxygens (including phenoxy) is 7. The second-order valence-corrected chi connectivity index (χ2v) is 20.3. The zero-order chi connectivity index (χ0) is 43.7. The van der Waals surface area contributed by atoms with Gasteiger partial charge in [0.05, 0.1) is 19.8 Å². The van der Waals surface area contributed by atoms with Gasteiger partial charge in [0.1, 0.15) is 6.61 Å². The fourth-order valence-electron chi connectivity index (χ4n) is 12.6. The summed E-state index contributed by atoms with van der Waals surface area (Å²) in [6, 6.07) is 14.7. The zero-order valence-electron chi connectivity index (χ0n) is 37.5. The third kappa shape index (κ3) is 7.82. The lowest BCUT2D eigenvalue weighted by atomic mass is 9.58. The number of Topliss-reactive ketones (excluding diaryl/α,β-unsaturated/α-hetero) is 1. The fraction of sp³-hybridized carbons (Fsp3) is 0.714. The molecule has 2 spiro atoms. The molecule has 12 rings (SSSR count). The second-order valence-electron chi connectivity index (χ2n) is 20.3. The third-order valence-corrected chi connectivity index (χ3v) is 16.3. The van der Waals surface area contributed by atoms with E-state index in [9.17, 15) is 9.59 Å². The van der Waals surface area contributed by atoms with E-state index < -0.39 is 47.9 Å². The summed E-state index contributed by atoms with van der Waals surface area (Å²) < 4.78 is 44.4. The molecular weight excluding hydrogens is 811 g/mol. The van der Waals surface area contributed by atoms with Crippen LogP contribution in [-0.2, 0) is 65.9 Å². The number of fused-ring (bicyclic) bond motifs is 4. The van der Waals surface area contributed by atoms with Gasteiger partial charge in [0, 0.05) is 54.2 Å². The predicted molar refractivity (Wildman–Crippen MR) is 224 cm³/mol. The van der Waals surface area contributed by atoms with Crippen LogP contribution in [0.4, 0.5) is 0 Å². The fourth-order valence-corrected chi connectivity index (χ4v) is 12.6. The average Bonchev–Trinajstić information content (AvgIpc) is 3.66. The molecule has 2 unspecified atom stereocenters. The average molecular weight is 876 g/mol. The van der Waals surface area contributed by atoms with E-state index in [0.717, 1.165) is 62.5 Å². The lowest BCUT2D eigenvalue weighted by Gasteiger charge is -2.60. The van der Waals surface area contributed by atoms with Gasteiger partial charge < -0.3 is 38.5 Å². The lowest BCUT2D eigenvalue weighted by Crippen LogP contribution is -2.70. The van der Waals surface area contributed by atoms with Gasteiger partial charge in [-0.25, -0.2) is 19.6 Å². The Morgan fingerprint density at radius 1 is 0.619 bits per heavy atom. The molecule has 10 aliphatic rings. The molecule has 2 saturated carbocycles. The van der Waals surface area contributed by atoms with Crippen LogP contribution in [0.2, 0.25) is 0 Å². The molecule has 1 amide bonds. The minimum absolute atomic E-state index is 0.0765. The number of ketones is 1. The number of carbonyl (C=O) groups is 2. The van der Waals surface area contributed by atoms with Crippen molar-refractivity contribution in [3.8, 4) is 0 Å². The van der Waals surface area contributed by atoms with Gasteiger partial charge >= 0.3 is 0 Å². The van der Waals surface area contributed by atoms with E-state index in [0.29, 0.717) is 48.0 Å². The number of amides is 1. The van der Waals surface area contributed by atoms with Gasteiger partial charge in [0.15, 0.2) is 42.1 Å². The molecule has 4 bridgehead atoms. The Morgan fingerprint density at radius 2 is 1.10 bits per heavy atom. The van der Waals surface area contributed by atoms with Gasteiger partial charge in [0.25, 0.3) is 5.91 Å². The van der Waals surface area contributed by atoms with Gasteiger partial charge in [-0.3, -0.25) is 9.59 Å². The molecule has 2 aromatic rings. The molecule has 1 N–H and O–H groups in total. The molecular formula is C49H65NO13. The molecule has 0 radical (unpaired) electrons. The van der Waals surface area contributed by atoms with Gasteiger partial charge in [-0.1, -0.05) is 64.1 Å². The summed E-state index contributed by atoms with van der Waals surface area (Å²) in [6.45, 7) is 13.8. The maximum Gasteiger partial charge on any atom is 0.251 e. The van der Waals surface area contributed by atoms with Crippen LogP contribution in [0.15, 0.2) is 48.5 Å². The monoisotopic (exact) mass is 875 g/mol. The third-order valence-electron chi connectivity index (χ3n) is 16.3. The first-order valence-electron chi connectivity index (χ1n) is 23.5. The van der Waals surface area contributed by atoms with E-state index in [1.54, 1.807) is 24.3 Å². The van der Waals surface area contributed by atoms with E-state index in [-0.39, 0.29) is 55.1 Å². The Labute approximate surface area is 370 Å². The normalized spacial score (nSPS) is 43.6. The van der Waals surface area contributed by atoms with Crippen LogP contribution in [0.1, 0.15) is 125 Å². The molecule has 8 heterocycles. The van der Waals surface area contributed by atoms with Crippen LogP contribution in [0.3, 0.4) is 0 Å². The summed E-state index contributed by atoms with van der Waals surface area (Å²) in [6.07, 6.45) is 5.70. The maximum atomic E-state index is 12.9. The van der Waals surface area contributed by atoms with Crippen LogP contribution in [-0.4, -0.2) is 79.4 Å². The van der Waals surface area contributed by atoms with Crippen molar-refractivity contribution in [2.75, 3.05) is 19.8 Å².